The van der Waals surface area contributed by atoms with E-state index in [1.807, 2.05) is 6.07 Å². The van der Waals surface area contributed by atoms with Crippen molar-refractivity contribution < 1.29 is 9.90 Å². The molecule has 0 unspecified atom stereocenters. The number of hydrogen-bond acceptors (Lipinski definition) is 3. The van der Waals surface area contributed by atoms with Gasteiger partial charge in [0, 0.05) is 22.9 Å². The minimum Gasteiger partial charge on any atom is -0.478 e. The van der Waals surface area contributed by atoms with Crippen molar-refractivity contribution >= 4 is 23.8 Å². The molecule has 0 aliphatic rings. The van der Waals surface area contributed by atoms with E-state index < -0.39 is 5.97 Å². The van der Waals surface area contributed by atoms with Crippen molar-refractivity contribution in [3.05, 3.63) is 41.7 Å². The second kappa shape index (κ2) is 4.80. The Bertz CT molecular complexity index is 578. The van der Waals surface area contributed by atoms with E-state index in [4.69, 9.17) is 16.7 Å². The number of hydrogen-bond donors (Lipinski definition) is 1. The number of halogens is 1. The molecule has 5 nitrogen and oxygen atoms in total. The molecule has 0 aliphatic heterocycles. The van der Waals surface area contributed by atoms with Crippen molar-refractivity contribution in [3.8, 4) is 11.4 Å². The molecule has 2 rings (SSSR count). The smallest absolute Gasteiger partial charge is 0.329 e. The van der Waals surface area contributed by atoms with Crippen LogP contribution < -0.4 is 0 Å². The molecule has 1 aromatic carbocycles. The fraction of sp³-hybridized carbons (Fsp3) is 0. The van der Waals surface area contributed by atoms with Crippen LogP contribution in [0.2, 0.25) is 5.02 Å². The molecule has 0 fully saturated rings. The second-order valence-electron chi connectivity index (χ2n) is 3.21. The first-order valence-corrected chi connectivity index (χ1v) is 5.11. The lowest BCUT2D eigenvalue weighted by atomic mass is 10.2. The van der Waals surface area contributed by atoms with E-state index in [9.17, 15) is 4.79 Å². The van der Waals surface area contributed by atoms with Crippen molar-refractivity contribution in [2.75, 3.05) is 0 Å². The molecule has 2 aromatic rings. The van der Waals surface area contributed by atoms with Gasteiger partial charge in [-0.25, -0.2) is 14.5 Å². The van der Waals surface area contributed by atoms with Crippen LogP contribution in [0.1, 0.15) is 0 Å². The molecular formula is C11H8ClN3O2. The first-order chi connectivity index (χ1) is 8.15. The molecule has 1 N–H and O–H groups in total. The maximum atomic E-state index is 10.3. The summed E-state index contributed by atoms with van der Waals surface area (Å²) in [4.78, 5) is 14.4. The Morgan fingerprint density at radius 1 is 1.47 bits per heavy atom. The van der Waals surface area contributed by atoms with Crippen LogP contribution in [0.15, 0.2) is 36.7 Å². The zero-order valence-electron chi connectivity index (χ0n) is 8.62. The van der Waals surface area contributed by atoms with Gasteiger partial charge in [-0.2, -0.15) is 0 Å². The summed E-state index contributed by atoms with van der Waals surface area (Å²) in [5.74, 6) is -0.549. The third-order valence-electron chi connectivity index (χ3n) is 1.96. The summed E-state index contributed by atoms with van der Waals surface area (Å²) in [5, 5.41) is 13.2. The van der Waals surface area contributed by atoms with E-state index in [-0.39, 0.29) is 0 Å². The van der Waals surface area contributed by atoms with Crippen LogP contribution in [0.5, 0.6) is 0 Å². The first kappa shape index (κ1) is 11.3. The standard InChI is InChI=1S/C11H8ClN3O2/c12-9-3-1-2-8(6-9)11-13-7-15(14-11)5-4-10(16)17/h1-7H,(H,16,17)/b5-4-. The zero-order valence-corrected chi connectivity index (χ0v) is 9.37. The highest BCUT2D eigenvalue weighted by molar-refractivity contribution is 6.30. The lowest BCUT2D eigenvalue weighted by molar-refractivity contribution is -0.131. The van der Waals surface area contributed by atoms with Crippen LogP contribution in [0.25, 0.3) is 17.6 Å². The predicted octanol–water partition coefficient (Wildman–Crippen LogP) is 2.15. The highest BCUT2D eigenvalue weighted by Gasteiger charge is 2.03. The quantitative estimate of drug-likeness (QED) is 0.847. The lowest BCUT2D eigenvalue weighted by Crippen LogP contribution is -1.91. The minimum atomic E-state index is -1.04. The van der Waals surface area contributed by atoms with E-state index >= 15 is 0 Å². The van der Waals surface area contributed by atoms with Crippen molar-refractivity contribution in [1.29, 1.82) is 0 Å². The molecule has 86 valence electrons. The Hall–Kier alpha value is -2.14. The Kier molecular flexibility index (Phi) is 3.20. The Labute approximate surface area is 102 Å². The monoisotopic (exact) mass is 249 g/mol. The molecule has 0 aliphatic carbocycles. The van der Waals surface area contributed by atoms with Crippen molar-refractivity contribution in [3.63, 3.8) is 0 Å². The maximum Gasteiger partial charge on any atom is 0.329 e. The normalized spacial score (nSPS) is 10.9. The zero-order chi connectivity index (χ0) is 12.3. The number of nitrogens with zero attached hydrogens (tertiary/aromatic N) is 3. The second-order valence-corrected chi connectivity index (χ2v) is 3.65. The summed E-state index contributed by atoms with van der Waals surface area (Å²) in [6.07, 6.45) is 3.72. The molecule has 0 amide bonds. The molecule has 1 heterocycles. The predicted molar refractivity (Wildman–Crippen MR) is 63.4 cm³/mol. The molecule has 0 radical (unpaired) electrons. The van der Waals surface area contributed by atoms with Gasteiger partial charge in [-0.1, -0.05) is 23.7 Å². The van der Waals surface area contributed by atoms with Gasteiger partial charge in [0.1, 0.15) is 6.33 Å². The van der Waals surface area contributed by atoms with Crippen molar-refractivity contribution in [1.82, 2.24) is 14.8 Å². The summed E-state index contributed by atoms with van der Waals surface area (Å²) < 4.78 is 1.32. The van der Waals surface area contributed by atoms with Gasteiger partial charge in [-0.15, -0.1) is 5.10 Å². The maximum absolute atomic E-state index is 10.3. The average Bonchev–Trinajstić information content (AvgIpc) is 2.75. The topological polar surface area (TPSA) is 68.0 Å². The van der Waals surface area contributed by atoms with Gasteiger partial charge >= 0.3 is 5.97 Å². The SMILES string of the molecule is O=C(O)/C=C\n1cnc(-c2cccc(Cl)c2)n1. The summed E-state index contributed by atoms with van der Waals surface area (Å²) in [6.45, 7) is 0. The highest BCUT2D eigenvalue weighted by atomic mass is 35.5. The van der Waals surface area contributed by atoms with Gasteiger partial charge in [-0.3, -0.25) is 0 Å². The van der Waals surface area contributed by atoms with Crippen LogP contribution >= 0.6 is 11.6 Å². The highest BCUT2D eigenvalue weighted by Crippen LogP contribution is 2.18. The number of benzene rings is 1. The molecule has 1 aromatic heterocycles. The van der Waals surface area contributed by atoms with Crippen LogP contribution in [0.3, 0.4) is 0 Å². The van der Waals surface area contributed by atoms with E-state index in [1.165, 1.54) is 17.2 Å². The lowest BCUT2D eigenvalue weighted by Gasteiger charge is -1.95. The van der Waals surface area contributed by atoms with Crippen LogP contribution in [-0.4, -0.2) is 25.8 Å². The van der Waals surface area contributed by atoms with E-state index in [0.717, 1.165) is 11.6 Å². The fourth-order valence-electron chi connectivity index (χ4n) is 1.25. The number of aromatic nitrogens is 3. The van der Waals surface area contributed by atoms with Crippen LogP contribution in [-0.2, 0) is 4.79 Å². The Morgan fingerprint density at radius 2 is 2.29 bits per heavy atom. The molecule has 0 saturated carbocycles. The molecule has 0 bridgehead atoms. The fourth-order valence-corrected chi connectivity index (χ4v) is 1.44. The number of carbonyl (C=O) groups is 1. The third-order valence-corrected chi connectivity index (χ3v) is 2.20. The van der Waals surface area contributed by atoms with E-state index in [2.05, 4.69) is 10.1 Å². The third kappa shape index (κ3) is 2.92. The van der Waals surface area contributed by atoms with Gasteiger partial charge in [-0.05, 0) is 12.1 Å². The average molecular weight is 250 g/mol. The van der Waals surface area contributed by atoms with Gasteiger partial charge in [0.15, 0.2) is 5.82 Å². The van der Waals surface area contributed by atoms with Gasteiger partial charge in [0.2, 0.25) is 0 Å². The minimum absolute atomic E-state index is 0.488. The molecule has 17 heavy (non-hydrogen) atoms. The van der Waals surface area contributed by atoms with Crippen molar-refractivity contribution in [2.24, 2.45) is 0 Å². The largest absolute Gasteiger partial charge is 0.478 e. The van der Waals surface area contributed by atoms with Gasteiger partial charge < -0.3 is 5.11 Å². The van der Waals surface area contributed by atoms with Crippen LogP contribution in [0.4, 0.5) is 0 Å². The first-order valence-electron chi connectivity index (χ1n) is 4.73. The molecule has 0 atom stereocenters. The van der Waals surface area contributed by atoms with Crippen molar-refractivity contribution in [2.45, 2.75) is 0 Å². The summed E-state index contributed by atoms with van der Waals surface area (Å²) in [6, 6.07) is 7.12. The molecule has 6 heteroatoms. The molecule has 0 spiro atoms. The number of aliphatic carboxylic acids is 1. The Balaban J connectivity index is 2.27. The van der Waals surface area contributed by atoms with Crippen LogP contribution in [0, 0.1) is 0 Å². The van der Waals surface area contributed by atoms with E-state index in [0.29, 0.717) is 10.8 Å². The molecule has 0 saturated heterocycles. The Morgan fingerprint density at radius 3 is 3.00 bits per heavy atom. The number of carboxylic acid groups (broad SMARTS) is 1. The van der Waals surface area contributed by atoms with Gasteiger partial charge in [0.25, 0.3) is 0 Å². The van der Waals surface area contributed by atoms with E-state index in [1.54, 1.807) is 18.2 Å². The summed E-state index contributed by atoms with van der Waals surface area (Å²) >= 11 is 5.85. The molecular weight excluding hydrogens is 242 g/mol. The number of carboxylic acids is 1. The number of rotatable bonds is 3. The van der Waals surface area contributed by atoms with Gasteiger partial charge in [0.05, 0.1) is 0 Å². The summed E-state index contributed by atoms with van der Waals surface area (Å²) in [5.41, 5.74) is 0.778. The summed E-state index contributed by atoms with van der Waals surface area (Å²) in [7, 11) is 0.